The summed E-state index contributed by atoms with van der Waals surface area (Å²) in [6.45, 7) is 0.414. The minimum atomic E-state index is -0.995. The lowest BCUT2D eigenvalue weighted by Gasteiger charge is -2.05. The quantitative estimate of drug-likeness (QED) is 0.283. The Kier molecular flexibility index (Phi) is 7.30. The lowest BCUT2D eigenvalue weighted by molar-refractivity contribution is 0.0696. The Morgan fingerprint density at radius 3 is 2.56 bits per heavy atom. The summed E-state index contributed by atoms with van der Waals surface area (Å²) in [5.41, 5.74) is 2.03. The predicted molar refractivity (Wildman–Crippen MR) is 129 cm³/mol. The van der Waals surface area contributed by atoms with E-state index in [1.54, 1.807) is 29.6 Å². The smallest absolute Gasteiger partial charge is 0.335 e. The fraction of sp³-hybridized carbons (Fsp3) is 0.167. The molecule has 2 N–H and O–H groups in total. The van der Waals surface area contributed by atoms with Crippen LogP contribution in [0.3, 0.4) is 0 Å². The zero-order valence-electron chi connectivity index (χ0n) is 17.6. The number of halogens is 2. The first kappa shape index (κ1) is 23.9. The number of nitrogens with one attached hydrogen (secondary N) is 1. The number of benzene rings is 2. The van der Waals surface area contributed by atoms with Crippen LogP contribution in [-0.4, -0.2) is 26.8 Å². The van der Waals surface area contributed by atoms with Crippen LogP contribution < -0.4 is 5.56 Å². The molecule has 10 heteroatoms. The second kappa shape index (κ2) is 10.4. The zero-order chi connectivity index (χ0) is 24.2. The Labute approximate surface area is 205 Å². The number of rotatable bonds is 9. The summed E-state index contributed by atoms with van der Waals surface area (Å²) in [4.78, 5) is 43.5. The van der Waals surface area contributed by atoms with E-state index in [1.165, 1.54) is 29.5 Å². The number of aromatic nitrogens is 2. The van der Waals surface area contributed by atoms with Crippen molar-refractivity contribution in [3.63, 3.8) is 0 Å². The molecule has 2 aromatic heterocycles. The van der Waals surface area contributed by atoms with Crippen molar-refractivity contribution < 1.29 is 23.8 Å². The number of thiophene rings is 1. The number of nitrogens with zero attached hydrogens (tertiary/aromatic N) is 1. The van der Waals surface area contributed by atoms with Crippen molar-refractivity contribution in [2.75, 3.05) is 0 Å². The number of hydrogen-bond donors (Lipinski definition) is 2. The topological polar surface area (TPSA) is 109 Å². The molecule has 7 nitrogen and oxygen atoms in total. The van der Waals surface area contributed by atoms with Crippen LogP contribution in [0.25, 0.3) is 10.2 Å². The number of carbonyl (C=O) groups excluding carboxylic acids is 1. The van der Waals surface area contributed by atoms with Crippen molar-refractivity contribution >= 4 is 49.2 Å². The Morgan fingerprint density at radius 2 is 1.85 bits per heavy atom. The minimum absolute atomic E-state index is 0.00786. The van der Waals surface area contributed by atoms with E-state index in [2.05, 4.69) is 25.9 Å². The highest BCUT2D eigenvalue weighted by atomic mass is 79.9. The van der Waals surface area contributed by atoms with Gasteiger partial charge in [0, 0.05) is 12.0 Å². The average Bonchev–Trinajstić information content (AvgIpc) is 3.23. The third-order valence-electron chi connectivity index (χ3n) is 5.14. The van der Waals surface area contributed by atoms with Gasteiger partial charge in [-0.15, -0.1) is 11.3 Å². The first-order valence-electron chi connectivity index (χ1n) is 10.2. The van der Waals surface area contributed by atoms with Crippen LogP contribution >= 0.6 is 27.3 Å². The number of fused-ring (bicyclic) bond motifs is 1. The maximum absolute atomic E-state index is 13.4. The van der Waals surface area contributed by atoms with E-state index in [1.807, 2.05) is 0 Å². The van der Waals surface area contributed by atoms with Gasteiger partial charge in [0.15, 0.2) is 11.6 Å². The van der Waals surface area contributed by atoms with Gasteiger partial charge in [0.2, 0.25) is 0 Å². The zero-order valence-corrected chi connectivity index (χ0v) is 20.0. The Morgan fingerprint density at radius 1 is 1.12 bits per heavy atom. The lowest BCUT2D eigenvalue weighted by Crippen LogP contribution is -2.16. The maximum atomic E-state index is 13.4. The fourth-order valence-electron chi connectivity index (χ4n) is 3.34. The molecule has 0 aliphatic heterocycles. The highest BCUT2D eigenvalue weighted by molar-refractivity contribution is 9.10. The van der Waals surface area contributed by atoms with E-state index in [0.717, 1.165) is 11.1 Å². The van der Waals surface area contributed by atoms with E-state index in [9.17, 15) is 18.8 Å². The van der Waals surface area contributed by atoms with E-state index >= 15 is 0 Å². The molecule has 0 saturated heterocycles. The van der Waals surface area contributed by atoms with Gasteiger partial charge in [-0.3, -0.25) is 9.59 Å². The molecule has 0 aliphatic carbocycles. The van der Waals surface area contributed by atoms with Gasteiger partial charge in [0.1, 0.15) is 10.6 Å². The van der Waals surface area contributed by atoms with Gasteiger partial charge in [-0.05, 0) is 63.1 Å². The van der Waals surface area contributed by atoms with Gasteiger partial charge in [-0.25, -0.2) is 14.2 Å². The SMILES string of the molecule is O=C(O)c1ccc(COCc2csc3nc(C(=O)CCc4ccc(F)c(Br)c4)[nH]c(=O)c23)cc1. The van der Waals surface area contributed by atoms with Gasteiger partial charge in [0.05, 0.1) is 28.6 Å². The molecule has 0 atom stereocenters. The first-order chi connectivity index (χ1) is 16.3. The van der Waals surface area contributed by atoms with Crippen LogP contribution in [0.2, 0.25) is 0 Å². The van der Waals surface area contributed by atoms with E-state index in [-0.39, 0.29) is 42.6 Å². The molecule has 0 radical (unpaired) electrons. The summed E-state index contributed by atoms with van der Waals surface area (Å²) >= 11 is 4.38. The standard InChI is InChI=1S/C24H18BrFN2O5S/c25-17-9-13(3-7-18(17)26)4-8-19(29)21-27-22(30)20-16(12-34-23(20)28-21)11-33-10-14-1-5-15(6-2-14)24(31)32/h1-3,5-7,9,12H,4,8,10-11H2,(H,31,32)(H,27,28,30). The molecule has 0 saturated carbocycles. The molecule has 0 amide bonds. The number of H-pyrrole nitrogens is 1. The van der Waals surface area contributed by atoms with Crippen molar-refractivity contribution in [1.82, 2.24) is 9.97 Å². The molecule has 4 aromatic rings. The third-order valence-corrected chi connectivity index (χ3v) is 6.66. The molecule has 0 spiro atoms. The average molecular weight is 545 g/mol. The summed E-state index contributed by atoms with van der Waals surface area (Å²) in [5, 5.41) is 11.1. The molecule has 2 heterocycles. The van der Waals surface area contributed by atoms with Crippen LogP contribution in [0.4, 0.5) is 4.39 Å². The van der Waals surface area contributed by atoms with Crippen molar-refractivity contribution in [2.45, 2.75) is 26.1 Å². The molecular formula is C24H18BrFN2O5S. The number of aromatic carboxylic acids is 1. The van der Waals surface area contributed by atoms with Crippen LogP contribution in [-0.2, 0) is 24.4 Å². The van der Waals surface area contributed by atoms with Crippen molar-refractivity contribution in [2.24, 2.45) is 0 Å². The molecular weight excluding hydrogens is 527 g/mol. The fourth-order valence-corrected chi connectivity index (χ4v) is 4.69. The molecule has 0 unspecified atom stereocenters. The molecule has 0 fully saturated rings. The predicted octanol–water partition coefficient (Wildman–Crippen LogP) is 5.12. The highest BCUT2D eigenvalue weighted by Crippen LogP contribution is 2.23. The van der Waals surface area contributed by atoms with Gasteiger partial charge >= 0.3 is 5.97 Å². The van der Waals surface area contributed by atoms with Crippen LogP contribution in [0, 0.1) is 5.82 Å². The summed E-state index contributed by atoms with van der Waals surface area (Å²) < 4.78 is 19.4. The number of aryl methyl sites for hydroxylation is 1. The van der Waals surface area contributed by atoms with Crippen molar-refractivity contribution in [1.29, 1.82) is 0 Å². The number of ether oxygens (including phenoxy) is 1. The van der Waals surface area contributed by atoms with Crippen molar-refractivity contribution in [3.05, 3.63) is 96.6 Å². The Hall–Kier alpha value is -3.21. The highest BCUT2D eigenvalue weighted by Gasteiger charge is 2.16. The number of aromatic amines is 1. The van der Waals surface area contributed by atoms with Crippen LogP contribution in [0.5, 0.6) is 0 Å². The van der Waals surface area contributed by atoms with E-state index in [0.29, 0.717) is 26.7 Å². The number of hydrogen-bond acceptors (Lipinski definition) is 6. The molecule has 4 rings (SSSR count). The van der Waals surface area contributed by atoms with Gasteiger partial charge in [0.25, 0.3) is 5.56 Å². The number of carbonyl (C=O) groups is 2. The normalized spacial score (nSPS) is 11.1. The summed E-state index contributed by atoms with van der Waals surface area (Å²) in [6.07, 6.45) is 0.505. The lowest BCUT2D eigenvalue weighted by atomic mass is 10.1. The number of ketones is 1. The second-order valence-corrected chi connectivity index (χ2v) is 9.23. The van der Waals surface area contributed by atoms with Crippen LogP contribution in [0.1, 0.15) is 44.1 Å². The number of carboxylic acids is 1. The van der Waals surface area contributed by atoms with Gasteiger partial charge < -0.3 is 14.8 Å². The molecule has 0 aliphatic rings. The summed E-state index contributed by atoms with van der Waals surface area (Å²) in [6, 6.07) is 10.9. The Bertz CT molecular complexity index is 1430. The van der Waals surface area contributed by atoms with E-state index in [4.69, 9.17) is 9.84 Å². The monoisotopic (exact) mass is 544 g/mol. The van der Waals surface area contributed by atoms with Gasteiger partial charge in [-0.1, -0.05) is 18.2 Å². The first-order valence-corrected chi connectivity index (χ1v) is 11.9. The van der Waals surface area contributed by atoms with Gasteiger partial charge in [-0.2, -0.15) is 0 Å². The second-order valence-electron chi connectivity index (χ2n) is 7.52. The minimum Gasteiger partial charge on any atom is -0.478 e. The molecule has 2 aromatic carbocycles. The third kappa shape index (κ3) is 5.46. The summed E-state index contributed by atoms with van der Waals surface area (Å²) in [7, 11) is 0. The number of carboxylic acid groups (broad SMARTS) is 1. The van der Waals surface area contributed by atoms with Crippen LogP contribution in [0.15, 0.2) is 57.1 Å². The molecule has 174 valence electrons. The van der Waals surface area contributed by atoms with Crippen molar-refractivity contribution in [3.8, 4) is 0 Å². The molecule has 0 bridgehead atoms. The van der Waals surface area contributed by atoms with E-state index < -0.39 is 11.5 Å². The molecule has 34 heavy (non-hydrogen) atoms. The summed E-state index contributed by atoms with van der Waals surface area (Å²) in [5.74, 6) is -1.69. The Balaban J connectivity index is 1.41. The maximum Gasteiger partial charge on any atom is 0.335 e. The largest absolute Gasteiger partial charge is 0.478 e. The number of Topliss-reactive ketones (excluding diaryl/α,β-unsaturated/α-hetero) is 1.